The van der Waals surface area contributed by atoms with Crippen LogP contribution in [-0.4, -0.2) is 53.9 Å². The first-order valence-corrected chi connectivity index (χ1v) is 11.9. The molecular weight excluding hydrogens is 472 g/mol. The molecule has 2 aromatic carbocycles. The summed E-state index contributed by atoms with van der Waals surface area (Å²) in [5.41, 5.74) is 4.71. The van der Waals surface area contributed by atoms with E-state index in [9.17, 15) is 4.79 Å². The Morgan fingerprint density at radius 1 is 1.00 bits per heavy atom. The number of fused-ring (bicyclic) bond motifs is 2. The summed E-state index contributed by atoms with van der Waals surface area (Å²) >= 11 is 0. The number of nitrogens with one attached hydrogen (secondary N) is 2. The Morgan fingerprint density at radius 2 is 1.81 bits per heavy atom. The molecule has 1 amide bonds. The third-order valence-electron chi connectivity index (χ3n) is 6.86. The van der Waals surface area contributed by atoms with Crippen molar-refractivity contribution < 1.29 is 23.4 Å². The van der Waals surface area contributed by atoms with Crippen molar-refractivity contribution in [3.8, 4) is 28.7 Å². The van der Waals surface area contributed by atoms with Crippen LogP contribution in [0.25, 0.3) is 22.4 Å². The molecule has 9 nitrogen and oxygen atoms in total. The van der Waals surface area contributed by atoms with Crippen molar-refractivity contribution in [2.75, 3.05) is 27.9 Å². The van der Waals surface area contributed by atoms with E-state index in [1.54, 1.807) is 27.6 Å². The van der Waals surface area contributed by atoms with E-state index in [4.69, 9.17) is 18.6 Å². The fourth-order valence-electron chi connectivity index (χ4n) is 5.07. The number of furan rings is 1. The van der Waals surface area contributed by atoms with Crippen LogP contribution in [0, 0.1) is 0 Å². The lowest BCUT2D eigenvalue weighted by atomic mass is 9.96. The van der Waals surface area contributed by atoms with Crippen LogP contribution in [0.15, 0.2) is 65.3 Å². The van der Waals surface area contributed by atoms with Gasteiger partial charge in [0.05, 0.1) is 33.6 Å². The normalized spacial score (nSPS) is 14.8. The summed E-state index contributed by atoms with van der Waals surface area (Å²) in [5, 5.41) is 8.47. The van der Waals surface area contributed by atoms with Gasteiger partial charge in [0, 0.05) is 46.8 Å². The molecule has 0 bridgehead atoms. The molecule has 6 rings (SSSR count). The number of benzene rings is 2. The number of aromatic nitrogens is 3. The molecule has 5 aromatic rings. The molecule has 1 atom stereocenters. The van der Waals surface area contributed by atoms with Gasteiger partial charge in [-0.25, -0.2) is 0 Å². The van der Waals surface area contributed by atoms with Crippen LogP contribution in [0.2, 0.25) is 0 Å². The van der Waals surface area contributed by atoms with Gasteiger partial charge in [0.1, 0.15) is 22.9 Å². The van der Waals surface area contributed by atoms with Crippen molar-refractivity contribution in [2.45, 2.75) is 12.5 Å². The first-order chi connectivity index (χ1) is 18.1. The van der Waals surface area contributed by atoms with Crippen LogP contribution >= 0.6 is 0 Å². The minimum absolute atomic E-state index is 0.148. The van der Waals surface area contributed by atoms with Crippen molar-refractivity contribution in [3.05, 3.63) is 83.4 Å². The van der Waals surface area contributed by atoms with E-state index in [2.05, 4.69) is 21.2 Å². The van der Waals surface area contributed by atoms with E-state index < -0.39 is 6.04 Å². The summed E-state index contributed by atoms with van der Waals surface area (Å²) in [6.45, 7) is 0.469. The van der Waals surface area contributed by atoms with Gasteiger partial charge in [0.15, 0.2) is 11.5 Å². The first-order valence-electron chi connectivity index (χ1n) is 11.9. The second kappa shape index (κ2) is 9.09. The highest BCUT2D eigenvalue weighted by Gasteiger charge is 2.44. The molecule has 2 N–H and O–H groups in total. The number of carbonyl (C=O) groups excluding carboxylic acids is 1. The van der Waals surface area contributed by atoms with Gasteiger partial charge in [-0.2, -0.15) is 5.10 Å². The zero-order valence-corrected chi connectivity index (χ0v) is 20.7. The molecule has 0 spiro atoms. The average Bonchev–Trinajstić information content (AvgIpc) is 3.71. The van der Waals surface area contributed by atoms with E-state index in [0.29, 0.717) is 41.6 Å². The quantitative estimate of drug-likeness (QED) is 0.313. The summed E-state index contributed by atoms with van der Waals surface area (Å²) in [6.07, 6.45) is 2.23. The number of aromatic amines is 2. The zero-order valence-electron chi connectivity index (χ0n) is 20.7. The van der Waals surface area contributed by atoms with E-state index in [1.807, 2.05) is 53.4 Å². The highest BCUT2D eigenvalue weighted by molar-refractivity contribution is 6.00. The largest absolute Gasteiger partial charge is 0.497 e. The fourth-order valence-corrected chi connectivity index (χ4v) is 5.07. The molecule has 0 saturated carbocycles. The summed E-state index contributed by atoms with van der Waals surface area (Å²) in [4.78, 5) is 19.0. The second-order valence-electron chi connectivity index (χ2n) is 8.84. The second-order valence-corrected chi connectivity index (χ2v) is 8.84. The summed E-state index contributed by atoms with van der Waals surface area (Å²) in [6, 6.07) is 16.9. The van der Waals surface area contributed by atoms with E-state index in [1.165, 1.54) is 0 Å². The van der Waals surface area contributed by atoms with Crippen molar-refractivity contribution in [1.82, 2.24) is 20.1 Å². The Balaban J connectivity index is 1.40. The number of hydrogen-bond donors (Lipinski definition) is 2. The van der Waals surface area contributed by atoms with Gasteiger partial charge in [-0.3, -0.25) is 9.89 Å². The number of amides is 1. The Labute approximate surface area is 212 Å². The number of nitrogens with zero attached hydrogens (tertiary/aromatic N) is 2. The molecule has 0 fully saturated rings. The molecule has 1 aliphatic heterocycles. The molecule has 4 heterocycles. The van der Waals surface area contributed by atoms with Gasteiger partial charge in [0.2, 0.25) is 0 Å². The molecule has 3 aromatic heterocycles. The number of rotatable bonds is 8. The number of hydrogen-bond acceptors (Lipinski definition) is 6. The minimum Gasteiger partial charge on any atom is -0.497 e. The van der Waals surface area contributed by atoms with Gasteiger partial charge in [-0.1, -0.05) is 0 Å². The van der Waals surface area contributed by atoms with Crippen LogP contribution in [0.4, 0.5) is 0 Å². The molecule has 0 aliphatic carbocycles. The fraction of sp³-hybridized carbons (Fsp3) is 0.214. The highest BCUT2D eigenvalue weighted by Crippen LogP contribution is 2.46. The lowest BCUT2D eigenvalue weighted by Crippen LogP contribution is -2.31. The van der Waals surface area contributed by atoms with Gasteiger partial charge in [-0.05, 0) is 48.5 Å². The SMILES string of the molecule is COc1ccc([C@@H]2c3c(n[nH]c3-c3ccco3)C(=O)N2CCc2cc3cc(OC)ccc3[nH]2)c(OC)c1. The lowest BCUT2D eigenvalue weighted by molar-refractivity contribution is 0.0744. The number of H-pyrrole nitrogens is 2. The molecule has 9 heteroatoms. The van der Waals surface area contributed by atoms with Gasteiger partial charge < -0.3 is 28.5 Å². The van der Waals surface area contributed by atoms with Crippen LogP contribution < -0.4 is 14.2 Å². The Hall–Kier alpha value is -4.66. The Bertz CT molecular complexity index is 1580. The van der Waals surface area contributed by atoms with Crippen molar-refractivity contribution in [3.63, 3.8) is 0 Å². The maximum absolute atomic E-state index is 13.7. The molecule has 188 valence electrons. The van der Waals surface area contributed by atoms with Crippen molar-refractivity contribution >= 4 is 16.8 Å². The average molecular weight is 499 g/mol. The molecule has 1 aliphatic rings. The molecule has 37 heavy (non-hydrogen) atoms. The molecule has 0 radical (unpaired) electrons. The van der Waals surface area contributed by atoms with E-state index in [-0.39, 0.29) is 5.91 Å². The highest BCUT2D eigenvalue weighted by atomic mass is 16.5. The smallest absolute Gasteiger partial charge is 0.275 e. The van der Waals surface area contributed by atoms with Crippen molar-refractivity contribution in [2.24, 2.45) is 0 Å². The third-order valence-corrected chi connectivity index (χ3v) is 6.86. The van der Waals surface area contributed by atoms with Crippen LogP contribution in [0.1, 0.15) is 33.4 Å². The molecule has 0 saturated heterocycles. The monoisotopic (exact) mass is 498 g/mol. The number of ether oxygens (including phenoxy) is 3. The van der Waals surface area contributed by atoms with E-state index in [0.717, 1.165) is 33.5 Å². The summed E-state index contributed by atoms with van der Waals surface area (Å²) in [5.74, 6) is 2.56. The third kappa shape index (κ3) is 3.79. The minimum atomic E-state index is -0.424. The van der Waals surface area contributed by atoms with Crippen LogP contribution in [0.3, 0.4) is 0 Å². The predicted octanol–water partition coefficient (Wildman–Crippen LogP) is 4.96. The topological polar surface area (TPSA) is 106 Å². The number of methoxy groups -OCH3 is 3. The summed E-state index contributed by atoms with van der Waals surface area (Å²) < 4.78 is 22.2. The number of carbonyl (C=O) groups is 1. The van der Waals surface area contributed by atoms with Crippen LogP contribution in [0.5, 0.6) is 17.2 Å². The maximum atomic E-state index is 13.7. The van der Waals surface area contributed by atoms with Crippen molar-refractivity contribution in [1.29, 1.82) is 0 Å². The van der Waals surface area contributed by atoms with Gasteiger partial charge >= 0.3 is 0 Å². The Kier molecular flexibility index (Phi) is 5.60. The predicted molar refractivity (Wildman–Crippen MR) is 137 cm³/mol. The lowest BCUT2D eigenvalue weighted by Gasteiger charge is -2.27. The van der Waals surface area contributed by atoms with Gasteiger partial charge in [0.25, 0.3) is 5.91 Å². The zero-order chi connectivity index (χ0) is 25.5. The van der Waals surface area contributed by atoms with Gasteiger partial charge in [-0.15, -0.1) is 0 Å². The Morgan fingerprint density at radius 3 is 2.57 bits per heavy atom. The summed E-state index contributed by atoms with van der Waals surface area (Å²) in [7, 11) is 4.88. The molecule has 0 unspecified atom stereocenters. The first kappa shape index (κ1) is 22.8. The standard InChI is InChI=1S/C28H26N4O5/c1-34-18-7-9-21-16(14-18)13-17(29-21)10-11-32-27(20-8-6-19(35-2)15-23(20)36-3)24-25(22-5-4-12-37-22)30-31-26(24)28(32)33/h4-9,12-15,27,29H,10-11H2,1-3H3,(H,30,31)/t27-/m1/s1. The molecular formula is C28H26N4O5. The maximum Gasteiger partial charge on any atom is 0.275 e. The van der Waals surface area contributed by atoms with E-state index >= 15 is 0 Å². The van der Waals surface area contributed by atoms with Crippen LogP contribution in [-0.2, 0) is 6.42 Å².